The minimum Gasteiger partial charge on any atom is -0.395 e. The number of carbonyl (C=O) groups excluding carboxylic acids is 3. The van der Waals surface area contributed by atoms with E-state index in [-0.39, 0.29) is 25.1 Å². The van der Waals surface area contributed by atoms with Crippen LogP contribution in [0.25, 0.3) is 6.08 Å². The molecule has 0 bridgehead atoms. The van der Waals surface area contributed by atoms with Crippen molar-refractivity contribution in [3.05, 3.63) is 102 Å². The van der Waals surface area contributed by atoms with Gasteiger partial charge in [0.1, 0.15) is 6.04 Å². The summed E-state index contributed by atoms with van der Waals surface area (Å²) in [5, 5.41) is 13.4. The molecule has 0 spiro atoms. The molecule has 1 saturated heterocycles. The van der Waals surface area contributed by atoms with Crippen molar-refractivity contribution in [1.82, 2.24) is 5.32 Å². The SMILES string of the molecule is Cc1ccc(N2C(=O)[C@H](NC(CO)CN3C(=O)C(=O)c4ccccc43)[C@@H]2/C=C/c2ccccc2)cc1. The number of benzene rings is 3. The third-order valence-corrected chi connectivity index (χ3v) is 6.66. The molecular formula is C29H27N3O4. The number of ketones is 1. The highest BCUT2D eigenvalue weighted by molar-refractivity contribution is 6.52. The molecule has 3 aromatic rings. The summed E-state index contributed by atoms with van der Waals surface area (Å²) in [4.78, 5) is 41.4. The van der Waals surface area contributed by atoms with Gasteiger partial charge >= 0.3 is 0 Å². The average Bonchev–Trinajstić information content (AvgIpc) is 3.15. The Labute approximate surface area is 209 Å². The van der Waals surface area contributed by atoms with Crippen molar-refractivity contribution in [1.29, 1.82) is 0 Å². The van der Waals surface area contributed by atoms with Gasteiger partial charge in [0.05, 0.1) is 23.9 Å². The van der Waals surface area contributed by atoms with E-state index < -0.39 is 23.8 Å². The van der Waals surface area contributed by atoms with E-state index in [1.165, 1.54) is 4.90 Å². The highest BCUT2D eigenvalue weighted by atomic mass is 16.3. The van der Waals surface area contributed by atoms with Gasteiger partial charge in [0.15, 0.2) is 0 Å². The maximum absolute atomic E-state index is 13.3. The van der Waals surface area contributed by atoms with Crippen LogP contribution in [0.2, 0.25) is 0 Å². The quantitative estimate of drug-likeness (QED) is 0.381. The van der Waals surface area contributed by atoms with Crippen molar-refractivity contribution in [3.8, 4) is 0 Å². The first kappa shape index (κ1) is 23.7. The van der Waals surface area contributed by atoms with Crippen molar-refractivity contribution < 1.29 is 19.5 Å². The van der Waals surface area contributed by atoms with Crippen LogP contribution in [0.1, 0.15) is 21.5 Å². The normalized spacial score (nSPS) is 20.1. The third-order valence-electron chi connectivity index (χ3n) is 6.66. The molecule has 2 aliphatic rings. The second-order valence-corrected chi connectivity index (χ2v) is 9.09. The van der Waals surface area contributed by atoms with Gasteiger partial charge in [-0.1, -0.05) is 72.3 Å². The zero-order valence-corrected chi connectivity index (χ0v) is 19.9. The highest BCUT2D eigenvalue weighted by Gasteiger charge is 2.48. The first-order valence-electron chi connectivity index (χ1n) is 11.9. The number of aliphatic hydroxyl groups excluding tert-OH is 1. The van der Waals surface area contributed by atoms with Gasteiger partial charge in [-0.2, -0.15) is 0 Å². The molecule has 1 fully saturated rings. The number of rotatable bonds is 8. The van der Waals surface area contributed by atoms with Gasteiger partial charge in [-0.3, -0.25) is 19.7 Å². The smallest absolute Gasteiger partial charge is 0.299 e. The largest absolute Gasteiger partial charge is 0.395 e. The second kappa shape index (κ2) is 9.89. The molecule has 7 nitrogen and oxygen atoms in total. The van der Waals surface area contributed by atoms with Crippen LogP contribution < -0.4 is 15.1 Å². The lowest BCUT2D eigenvalue weighted by Gasteiger charge is -2.47. The van der Waals surface area contributed by atoms with Crippen molar-refractivity contribution in [2.45, 2.75) is 25.0 Å². The van der Waals surface area contributed by atoms with Crippen LogP contribution in [0.15, 0.2) is 84.9 Å². The number of anilines is 2. The second-order valence-electron chi connectivity index (χ2n) is 9.09. The number of nitrogens with zero attached hydrogens (tertiary/aromatic N) is 2. The lowest BCUT2D eigenvalue weighted by molar-refractivity contribution is -0.126. The van der Waals surface area contributed by atoms with E-state index in [2.05, 4.69) is 5.32 Å². The number of para-hydroxylation sites is 1. The molecule has 182 valence electrons. The van der Waals surface area contributed by atoms with Gasteiger partial charge < -0.3 is 14.9 Å². The fourth-order valence-electron chi connectivity index (χ4n) is 4.72. The Kier molecular flexibility index (Phi) is 6.50. The summed E-state index contributed by atoms with van der Waals surface area (Å²) in [6, 6.07) is 22.9. The topological polar surface area (TPSA) is 90.0 Å². The number of hydrogen-bond donors (Lipinski definition) is 2. The minimum absolute atomic E-state index is 0.0710. The van der Waals surface area contributed by atoms with E-state index in [9.17, 15) is 19.5 Å². The monoisotopic (exact) mass is 481 g/mol. The zero-order valence-electron chi connectivity index (χ0n) is 19.9. The summed E-state index contributed by atoms with van der Waals surface area (Å²) in [6.07, 6.45) is 3.95. The van der Waals surface area contributed by atoms with Crippen LogP contribution in [0.3, 0.4) is 0 Å². The van der Waals surface area contributed by atoms with Crippen LogP contribution >= 0.6 is 0 Å². The van der Waals surface area contributed by atoms with Gasteiger partial charge in [-0.25, -0.2) is 0 Å². The number of Topliss-reactive ketones (excluding diaryl/α,β-unsaturated/α-hetero) is 1. The number of aliphatic hydroxyl groups is 1. The molecule has 2 heterocycles. The Hall–Kier alpha value is -4.07. The van der Waals surface area contributed by atoms with Gasteiger partial charge in [0.2, 0.25) is 5.91 Å². The molecule has 3 aromatic carbocycles. The number of aryl methyl sites for hydroxylation is 1. The fraction of sp³-hybridized carbons (Fsp3) is 0.207. The summed E-state index contributed by atoms with van der Waals surface area (Å²) in [6.45, 7) is 1.76. The van der Waals surface area contributed by atoms with Crippen molar-refractivity contribution in [3.63, 3.8) is 0 Å². The fourth-order valence-corrected chi connectivity index (χ4v) is 4.72. The standard InChI is InChI=1S/C29H27N3O4/c1-19-11-14-22(15-12-19)32-25(16-13-20-7-3-2-4-8-20)26(28(32)35)30-21(18-33)17-31-24-10-6-5-9-23(24)27(34)29(31)36/h2-16,21,25-26,30,33H,17-18H2,1H3/b16-13+/t21?,25-,26+/m0/s1. The number of β-lactam (4-membered cyclic amide) rings is 1. The molecular weight excluding hydrogens is 454 g/mol. The van der Waals surface area contributed by atoms with E-state index in [4.69, 9.17) is 0 Å². The lowest BCUT2D eigenvalue weighted by Crippen LogP contribution is -2.72. The first-order chi connectivity index (χ1) is 17.5. The molecule has 2 aliphatic heterocycles. The molecule has 0 radical (unpaired) electrons. The molecule has 1 unspecified atom stereocenters. The van der Waals surface area contributed by atoms with E-state index in [0.717, 1.165) is 16.8 Å². The van der Waals surface area contributed by atoms with Crippen LogP contribution in [0.5, 0.6) is 0 Å². The van der Waals surface area contributed by atoms with Crippen molar-refractivity contribution in [2.24, 2.45) is 0 Å². The van der Waals surface area contributed by atoms with Gasteiger partial charge in [0.25, 0.3) is 11.7 Å². The van der Waals surface area contributed by atoms with E-state index in [0.29, 0.717) is 11.3 Å². The Morgan fingerprint density at radius 1 is 0.944 bits per heavy atom. The Morgan fingerprint density at radius 3 is 2.36 bits per heavy atom. The molecule has 2 amide bonds. The number of hydrogen-bond acceptors (Lipinski definition) is 5. The Bertz CT molecular complexity index is 1320. The summed E-state index contributed by atoms with van der Waals surface area (Å²) in [5.74, 6) is -1.31. The summed E-state index contributed by atoms with van der Waals surface area (Å²) < 4.78 is 0. The summed E-state index contributed by atoms with van der Waals surface area (Å²) >= 11 is 0. The predicted molar refractivity (Wildman–Crippen MR) is 139 cm³/mol. The molecule has 0 aromatic heterocycles. The van der Waals surface area contributed by atoms with Crippen LogP contribution in [0, 0.1) is 6.92 Å². The molecule has 2 N–H and O–H groups in total. The van der Waals surface area contributed by atoms with Crippen LogP contribution in [-0.4, -0.2) is 54.0 Å². The average molecular weight is 482 g/mol. The predicted octanol–water partition coefficient (Wildman–Crippen LogP) is 2.97. The first-order valence-corrected chi connectivity index (χ1v) is 11.9. The molecule has 5 rings (SSSR count). The lowest BCUT2D eigenvalue weighted by atomic mass is 9.91. The number of fused-ring (bicyclic) bond motifs is 1. The van der Waals surface area contributed by atoms with Crippen LogP contribution in [-0.2, 0) is 9.59 Å². The molecule has 7 heteroatoms. The minimum atomic E-state index is -0.627. The number of nitrogens with one attached hydrogen (secondary N) is 1. The van der Waals surface area contributed by atoms with Crippen molar-refractivity contribution >= 4 is 35.0 Å². The van der Waals surface area contributed by atoms with Crippen LogP contribution in [0.4, 0.5) is 11.4 Å². The number of carbonyl (C=O) groups is 3. The van der Waals surface area contributed by atoms with E-state index in [1.807, 2.05) is 73.7 Å². The molecule has 36 heavy (non-hydrogen) atoms. The van der Waals surface area contributed by atoms with Gasteiger partial charge in [0, 0.05) is 18.3 Å². The summed E-state index contributed by atoms with van der Waals surface area (Å²) in [7, 11) is 0. The molecule has 3 atom stereocenters. The number of amides is 2. The highest BCUT2D eigenvalue weighted by Crippen LogP contribution is 2.32. The van der Waals surface area contributed by atoms with E-state index in [1.54, 1.807) is 29.2 Å². The maximum Gasteiger partial charge on any atom is 0.299 e. The molecule has 0 saturated carbocycles. The van der Waals surface area contributed by atoms with E-state index >= 15 is 0 Å². The molecule has 0 aliphatic carbocycles. The van der Waals surface area contributed by atoms with Gasteiger partial charge in [-0.15, -0.1) is 0 Å². The van der Waals surface area contributed by atoms with Crippen molar-refractivity contribution in [2.75, 3.05) is 23.0 Å². The third kappa shape index (κ3) is 4.34. The summed E-state index contributed by atoms with van der Waals surface area (Å²) in [5.41, 5.74) is 3.78. The Balaban J connectivity index is 1.37. The zero-order chi connectivity index (χ0) is 25.2. The van der Waals surface area contributed by atoms with Gasteiger partial charge in [-0.05, 0) is 36.8 Å². The maximum atomic E-state index is 13.3. The Morgan fingerprint density at radius 2 is 1.64 bits per heavy atom.